The van der Waals surface area contributed by atoms with Gasteiger partial charge in [0.1, 0.15) is 0 Å². The summed E-state index contributed by atoms with van der Waals surface area (Å²) in [5, 5.41) is 0.615. The monoisotopic (exact) mass is 269 g/mol. The van der Waals surface area contributed by atoms with Gasteiger partial charge < -0.3 is 0 Å². The minimum absolute atomic E-state index is 0.615. The average molecular weight is 271 g/mol. The molecule has 0 aliphatic rings. The molecule has 0 aromatic carbocycles. The Morgan fingerprint density at radius 2 is 2.00 bits per heavy atom. The summed E-state index contributed by atoms with van der Waals surface area (Å²) in [4.78, 5) is 3.84. The lowest BCUT2D eigenvalue weighted by atomic mass is 10.5. The van der Waals surface area contributed by atoms with Crippen LogP contribution in [0.15, 0.2) is 21.3 Å². The Labute approximate surface area is 74.7 Å². The van der Waals surface area contributed by atoms with Gasteiger partial charge in [-0.3, -0.25) is 4.98 Å². The van der Waals surface area contributed by atoms with Crippen molar-refractivity contribution in [3.8, 4) is 0 Å². The van der Waals surface area contributed by atoms with Gasteiger partial charge in [0.25, 0.3) is 0 Å². The van der Waals surface area contributed by atoms with Gasteiger partial charge in [0.15, 0.2) is 0 Å². The van der Waals surface area contributed by atoms with Gasteiger partial charge in [0.2, 0.25) is 0 Å². The average Bonchev–Trinajstić information content (AvgIpc) is 1.83. The first-order chi connectivity index (χ1) is 4.22. The molecule has 0 saturated carbocycles. The first-order valence-electron chi connectivity index (χ1n) is 2.16. The van der Waals surface area contributed by atoms with E-state index in [9.17, 15) is 0 Å². The van der Waals surface area contributed by atoms with E-state index in [1.165, 1.54) is 0 Å². The SMILES string of the molecule is Clc1cncc(Br)c1Br. The van der Waals surface area contributed by atoms with Crippen molar-refractivity contribution >= 4 is 43.5 Å². The maximum Gasteiger partial charge on any atom is 0.0742 e. The van der Waals surface area contributed by atoms with Crippen LogP contribution in [-0.4, -0.2) is 4.98 Å². The normalized spacial score (nSPS) is 9.67. The third-order valence-corrected chi connectivity index (χ3v) is 3.30. The standard InChI is InChI=1S/C5H2Br2ClN/c6-3-1-9-2-4(8)5(3)7/h1-2H. The Morgan fingerprint density at radius 1 is 1.33 bits per heavy atom. The maximum absolute atomic E-state index is 5.67. The van der Waals surface area contributed by atoms with E-state index < -0.39 is 0 Å². The third kappa shape index (κ3) is 1.66. The molecule has 0 saturated heterocycles. The number of aromatic nitrogens is 1. The predicted molar refractivity (Wildman–Crippen MR) is 44.6 cm³/mol. The van der Waals surface area contributed by atoms with Crippen molar-refractivity contribution in [2.75, 3.05) is 0 Å². The van der Waals surface area contributed by atoms with Crippen LogP contribution in [0.1, 0.15) is 0 Å². The van der Waals surface area contributed by atoms with E-state index in [1.54, 1.807) is 12.4 Å². The molecule has 0 bridgehead atoms. The Morgan fingerprint density at radius 3 is 2.44 bits per heavy atom. The highest BCUT2D eigenvalue weighted by molar-refractivity contribution is 9.13. The highest BCUT2D eigenvalue weighted by Crippen LogP contribution is 2.28. The molecule has 0 radical (unpaired) electrons. The van der Waals surface area contributed by atoms with Crippen molar-refractivity contribution in [2.24, 2.45) is 0 Å². The third-order valence-electron chi connectivity index (χ3n) is 0.795. The largest absolute Gasteiger partial charge is 0.262 e. The van der Waals surface area contributed by atoms with Crippen LogP contribution in [-0.2, 0) is 0 Å². The molecule has 1 aromatic rings. The van der Waals surface area contributed by atoms with Crippen LogP contribution in [0.25, 0.3) is 0 Å². The predicted octanol–water partition coefficient (Wildman–Crippen LogP) is 3.26. The van der Waals surface area contributed by atoms with E-state index in [4.69, 9.17) is 11.6 Å². The molecule has 0 fully saturated rings. The molecule has 0 atom stereocenters. The van der Waals surface area contributed by atoms with Crippen molar-refractivity contribution < 1.29 is 0 Å². The highest BCUT2D eigenvalue weighted by Gasteiger charge is 1.98. The Balaban J connectivity index is 3.25. The number of halogens is 3. The molecule has 0 spiro atoms. The molecule has 1 aromatic heterocycles. The summed E-state index contributed by atoms with van der Waals surface area (Å²) in [6, 6.07) is 0. The molecule has 0 aliphatic carbocycles. The van der Waals surface area contributed by atoms with Crippen LogP contribution in [0.4, 0.5) is 0 Å². The summed E-state index contributed by atoms with van der Waals surface area (Å²) >= 11 is 12.2. The number of pyridine rings is 1. The van der Waals surface area contributed by atoms with E-state index >= 15 is 0 Å². The van der Waals surface area contributed by atoms with E-state index in [1.807, 2.05) is 0 Å². The van der Waals surface area contributed by atoms with Crippen LogP contribution in [0, 0.1) is 0 Å². The molecule has 48 valence electrons. The fraction of sp³-hybridized carbons (Fsp3) is 0. The first-order valence-corrected chi connectivity index (χ1v) is 4.12. The Bertz CT molecular complexity index is 206. The minimum Gasteiger partial charge on any atom is -0.262 e. The van der Waals surface area contributed by atoms with Crippen LogP contribution in [0.3, 0.4) is 0 Å². The molecule has 0 aliphatic heterocycles. The van der Waals surface area contributed by atoms with Crippen LogP contribution in [0.2, 0.25) is 5.02 Å². The number of hydrogen-bond donors (Lipinski definition) is 0. The topological polar surface area (TPSA) is 12.9 Å². The Kier molecular flexibility index (Phi) is 2.50. The first kappa shape index (κ1) is 7.51. The smallest absolute Gasteiger partial charge is 0.0742 e. The second kappa shape index (κ2) is 2.99. The van der Waals surface area contributed by atoms with Crippen molar-refractivity contribution in [2.45, 2.75) is 0 Å². The van der Waals surface area contributed by atoms with Crippen LogP contribution >= 0.6 is 43.5 Å². The lowest BCUT2D eigenvalue weighted by molar-refractivity contribution is 1.29. The van der Waals surface area contributed by atoms with E-state index in [0.29, 0.717) is 5.02 Å². The fourth-order valence-corrected chi connectivity index (χ4v) is 1.20. The van der Waals surface area contributed by atoms with Gasteiger partial charge in [0, 0.05) is 12.4 Å². The summed E-state index contributed by atoms with van der Waals surface area (Å²) in [7, 11) is 0. The molecule has 1 rings (SSSR count). The van der Waals surface area contributed by atoms with Crippen molar-refractivity contribution in [3.63, 3.8) is 0 Å². The van der Waals surface area contributed by atoms with Gasteiger partial charge in [0.05, 0.1) is 14.0 Å². The zero-order valence-electron chi connectivity index (χ0n) is 4.24. The quantitative estimate of drug-likeness (QED) is 0.706. The van der Waals surface area contributed by atoms with Crippen molar-refractivity contribution in [1.29, 1.82) is 0 Å². The molecule has 0 unspecified atom stereocenters. The van der Waals surface area contributed by atoms with Crippen molar-refractivity contribution in [3.05, 3.63) is 26.4 Å². The lowest BCUT2D eigenvalue weighted by Gasteiger charge is -1.94. The van der Waals surface area contributed by atoms with Gasteiger partial charge in [-0.25, -0.2) is 0 Å². The molecular weight excluding hydrogens is 269 g/mol. The highest BCUT2D eigenvalue weighted by atomic mass is 79.9. The summed E-state index contributed by atoms with van der Waals surface area (Å²) in [6.45, 7) is 0. The van der Waals surface area contributed by atoms with Gasteiger partial charge in [-0.15, -0.1) is 0 Å². The molecule has 9 heavy (non-hydrogen) atoms. The van der Waals surface area contributed by atoms with Gasteiger partial charge in [-0.05, 0) is 31.9 Å². The van der Waals surface area contributed by atoms with Gasteiger partial charge in [-0.1, -0.05) is 11.6 Å². The number of nitrogens with zero attached hydrogens (tertiary/aromatic N) is 1. The zero-order valence-corrected chi connectivity index (χ0v) is 8.16. The second-order valence-corrected chi connectivity index (χ2v) is 3.47. The molecule has 1 heterocycles. The molecule has 1 nitrogen and oxygen atoms in total. The molecular formula is C5H2Br2ClN. The number of hydrogen-bond acceptors (Lipinski definition) is 1. The van der Waals surface area contributed by atoms with E-state index in [2.05, 4.69) is 36.8 Å². The lowest BCUT2D eigenvalue weighted by Crippen LogP contribution is -1.74. The summed E-state index contributed by atoms with van der Waals surface area (Å²) in [5.74, 6) is 0. The Hall–Kier alpha value is 0.400. The van der Waals surface area contributed by atoms with Gasteiger partial charge in [-0.2, -0.15) is 0 Å². The minimum atomic E-state index is 0.615. The summed E-state index contributed by atoms with van der Waals surface area (Å²) in [5.41, 5.74) is 0. The van der Waals surface area contributed by atoms with Gasteiger partial charge >= 0.3 is 0 Å². The zero-order chi connectivity index (χ0) is 6.85. The number of rotatable bonds is 0. The summed E-state index contributed by atoms with van der Waals surface area (Å²) < 4.78 is 1.72. The fourth-order valence-electron chi connectivity index (χ4n) is 0.396. The second-order valence-electron chi connectivity index (χ2n) is 1.42. The van der Waals surface area contributed by atoms with Crippen molar-refractivity contribution in [1.82, 2.24) is 4.98 Å². The molecule has 0 N–H and O–H groups in total. The van der Waals surface area contributed by atoms with Crippen LogP contribution < -0.4 is 0 Å². The maximum atomic E-state index is 5.67. The van der Waals surface area contributed by atoms with E-state index in [0.717, 1.165) is 8.95 Å². The molecule has 0 amide bonds. The van der Waals surface area contributed by atoms with Crippen LogP contribution in [0.5, 0.6) is 0 Å². The van der Waals surface area contributed by atoms with E-state index in [-0.39, 0.29) is 0 Å². The summed E-state index contributed by atoms with van der Waals surface area (Å²) in [6.07, 6.45) is 3.26. The molecule has 4 heteroatoms.